The molecule has 1 aromatic carbocycles. The fourth-order valence-corrected chi connectivity index (χ4v) is 3.24. The molecule has 0 aromatic heterocycles. The molecule has 130 valence electrons. The minimum Gasteiger partial charge on any atom is -0.491 e. The lowest BCUT2D eigenvalue weighted by molar-refractivity contribution is 0.0679. The minimum absolute atomic E-state index is 0.0166. The third-order valence-corrected chi connectivity index (χ3v) is 4.69. The van der Waals surface area contributed by atoms with Gasteiger partial charge in [-0.05, 0) is 69.2 Å². The first-order valence-electron chi connectivity index (χ1n) is 9.12. The number of nitrogens with one attached hydrogen (secondary N) is 1. The minimum atomic E-state index is -0.0166. The smallest absolute Gasteiger partial charge is 0.251 e. The van der Waals surface area contributed by atoms with E-state index >= 15 is 0 Å². The molecule has 2 aliphatic rings. The highest BCUT2D eigenvalue weighted by Crippen LogP contribution is 2.20. The highest BCUT2D eigenvalue weighted by atomic mass is 16.5. The van der Waals surface area contributed by atoms with E-state index in [4.69, 9.17) is 9.47 Å². The molecule has 1 fully saturated rings. The number of carbonyl (C=O) groups excluding carboxylic acids is 1. The summed E-state index contributed by atoms with van der Waals surface area (Å²) in [5.74, 6) is 0.770. The van der Waals surface area contributed by atoms with Crippen LogP contribution in [0.25, 0.3) is 0 Å². The molecule has 1 aliphatic heterocycles. The molecule has 0 radical (unpaired) electrons. The fraction of sp³-hybridized carbons (Fsp3) is 0.550. The van der Waals surface area contributed by atoms with E-state index in [0.29, 0.717) is 18.7 Å². The molecule has 4 heteroatoms. The largest absolute Gasteiger partial charge is 0.491 e. The van der Waals surface area contributed by atoms with E-state index in [2.05, 4.69) is 11.4 Å². The van der Waals surface area contributed by atoms with Crippen molar-refractivity contribution in [1.82, 2.24) is 5.32 Å². The van der Waals surface area contributed by atoms with Crippen LogP contribution in [0, 0.1) is 0 Å². The standard InChI is InChI=1S/C20H27NO3/c22-20(21-13-12-16-5-2-1-3-6-16)17-8-10-18(11-9-17)24-15-19-7-4-14-23-19/h5,8-11,19H,1-4,6-7,12-15H2,(H,21,22). The number of hydrogen-bond acceptors (Lipinski definition) is 3. The van der Waals surface area contributed by atoms with Crippen molar-refractivity contribution in [3.05, 3.63) is 41.5 Å². The molecule has 0 spiro atoms. The summed E-state index contributed by atoms with van der Waals surface area (Å²) in [6.45, 7) is 2.13. The van der Waals surface area contributed by atoms with Crippen LogP contribution in [0.5, 0.6) is 5.75 Å². The van der Waals surface area contributed by atoms with Crippen molar-refractivity contribution in [3.8, 4) is 5.75 Å². The maximum atomic E-state index is 12.2. The van der Waals surface area contributed by atoms with Crippen molar-refractivity contribution in [3.63, 3.8) is 0 Å². The summed E-state index contributed by atoms with van der Waals surface area (Å²) in [6, 6.07) is 7.35. The van der Waals surface area contributed by atoms with E-state index < -0.39 is 0 Å². The second-order valence-electron chi connectivity index (χ2n) is 6.58. The monoisotopic (exact) mass is 329 g/mol. The zero-order chi connectivity index (χ0) is 16.6. The molecule has 3 rings (SSSR count). The summed E-state index contributed by atoms with van der Waals surface area (Å²) in [5.41, 5.74) is 2.16. The number of benzene rings is 1. The molecule has 1 saturated heterocycles. The van der Waals surface area contributed by atoms with Gasteiger partial charge in [0.2, 0.25) is 0 Å². The number of carbonyl (C=O) groups is 1. The van der Waals surface area contributed by atoms with Crippen molar-refractivity contribution in [2.24, 2.45) is 0 Å². The Morgan fingerprint density at radius 1 is 1.21 bits per heavy atom. The molecule has 4 nitrogen and oxygen atoms in total. The van der Waals surface area contributed by atoms with Gasteiger partial charge in [-0.25, -0.2) is 0 Å². The van der Waals surface area contributed by atoms with Gasteiger partial charge in [0.1, 0.15) is 12.4 Å². The Morgan fingerprint density at radius 3 is 2.79 bits per heavy atom. The highest BCUT2D eigenvalue weighted by molar-refractivity contribution is 5.94. The fourth-order valence-electron chi connectivity index (χ4n) is 3.24. The van der Waals surface area contributed by atoms with Crippen molar-refractivity contribution >= 4 is 5.91 Å². The van der Waals surface area contributed by atoms with Crippen LogP contribution in [-0.4, -0.2) is 31.8 Å². The van der Waals surface area contributed by atoms with Gasteiger partial charge < -0.3 is 14.8 Å². The van der Waals surface area contributed by atoms with Crippen molar-refractivity contribution in [2.75, 3.05) is 19.8 Å². The maximum absolute atomic E-state index is 12.2. The maximum Gasteiger partial charge on any atom is 0.251 e. The summed E-state index contributed by atoms with van der Waals surface area (Å²) in [4.78, 5) is 12.2. The Balaban J connectivity index is 1.40. The molecule has 1 amide bonds. The van der Waals surface area contributed by atoms with Crippen LogP contribution in [0.15, 0.2) is 35.9 Å². The number of ether oxygens (including phenoxy) is 2. The van der Waals surface area contributed by atoms with Crippen LogP contribution < -0.4 is 10.1 Å². The third kappa shape index (κ3) is 5.10. The van der Waals surface area contributed by atoms with Gasteiger partial charge in [-0.3, -0.25) is 4.79 Å². The van der Waals surface area contributed by atoms with Crippen molar-refractivity contribution in [2.45, 2.75) is 51.0 Å². The van der Waals surface area contributed by atoms with E-state index in [0.717, 1.165) is 31.6 Å². The predicted molar refractivity (Wildman–Crippen MR) is 94.4 cm³/mol. The summed E-state index contributed by atoms with van der Waals surface area (Å²) in [6.07, 6.45) is 10.7. The highest BCUT2D eigenvalue weighted by Gasteiger charge is 2.16. The van der Waals surface area contributed by atoms with Crippen molar-refractivity contribution < 1.29 is 14.3 Å². The molecular formula is C20H27NO3. The summed E-state index contributed by atoms with van der Waals surface area (Å²) in [5, 5.41) is 3.00. The molecule has 0 bridgehead atoms. The van der Waals surface area contributed by atoms with Crippen LogP contribution in [-0.2, 0) is 4.74 Å². The van der Waals surface area contributed by atoms with Crippen LogP contribution in [0.1, 0.15) is 55.3 Å². The summed E-state index contributed by atoms with van der Waals surface area (Å²) >= 11 is 0. The Bertz CT molecular complexity index is 559. The first kappa shape index (κ1) is 17.0. The molecular weight excluding hydrogens is 302 g/mol. The van der Waals surface area contributed by atoms with Crippen LogP contribution in [0.2, 0.25) is 0 Å². The molecule has 1 atom stereocenters. The SMILES string of the molecule is O=C(NCCC1=CCCCC1)c1ccc(OCC2CCCO2)cc1. The van der Waals surface area contributed by atoms with E-state index in [-0.39, 0.29) is 12.0 Å². The van der Waals surface area contributed by atoms with E-state index in [1.165, 1.54) is 31.3 Å². The molecule has 1 aromatic rings. The van der Waals surface area contributed by atoms with Crippen LogP contribution in [0.4, 0.5) is 0 Å². The zero-order valence-electron chi connectivity index (χ0n) is 14.3. The van der Waals surface area contributed by atoms with Gasteiger partial charge in [0.05, 0.1) is 6.10 Å². The van der Waals surface area contributed by atoms with Gasteiger partial charge in [0.15, 0.2) is 0 Å². The van der Waals surface area contributed by atoms with Gasteiger partial charge in [-0.1, -0.05) is 11.6 Å². The van der Waals surface area contributed by atoms with Gasteiger partial charge >= 0.3 is 0 Å². The molecule has 1 aliphatic carbocycles. The summed E-state index contributed by atoms with van der Waals surface area (Å²) in [7, 11) is 0. The molecule has 1 unspecified atom stereocenters. The van der Waals surface area contributed by atoms with Crippen molar-refractivity contribution in [1.29, 1.82) is 0 Å². The first-order valence-corrected chi connectivity index (χ1v) is 9.12. The molecule has 24 heavy (non-hydrogen) atoms. The average molecular weight is 329 g/mol. The number of allylic oxidation sites excluding steroid dienone is 1. The van der Waals surface area contributed by atoms with E-state index in [1.807, 2.05) is 24.3 Å². The quantitative estimate of drug-likeness (QED) is 0.773. The predicted octanol–water partition coefficient (Wildman–Crippen LogP) is 3.86. The van der Waals surface area contributed by atoms with Crippen LogP contribution in [0.3, 0.4) is 0 Å². The van der Waals surface area contributed by atoms with Crippen LogP contribution >= 0.6 is 0 Å². The first-order chi connectivity index (χ1) is 11.8. The second kappa shape index (κ2) is 8.88. The van der Waals surface area contributed by atoms with Gasteiger partial charge in [-0.15, -0.1) is 0 Å². The molecule has 1 N–H and O–H groups in total. The lowest BCUT2D eigenvalue weighted by Gasteiger charge is -2.13. The van der Waals surface area contributed by atoms with Gasteiger partial charge in [0.25, 0.3) is 5.91 Å². The molecule has 0 saturated carbocycles. The number of rotatable bonds is 7. The topological polar surface area (TPSA) is 47.6 Å². The normalized spacial score (nSPS) is 20.5. The van der Waals surface area contributed by atoms with E-state index in [1.54, 1.807) is 0 Å². The Morgan fingerprint density at radius 2 is 2.08 bits per heavy atom. The lowest BCUT2D eigenvalue weighted by Crippen LogP contribution is -2.24. The van der Waals surface area contributed by atoms with E-state index in [9.17, 15) is 4.79 Å². The number of amides is 1. The second-order valence-corrected chi connectivity index (χ2v) is 6.58. The molecule has 1 heterocycles. The third-order valence-electron chi connectivity index (χ3n) is 4.69. The lowest BCUT2D eigenvalue weighted by atomic mass is 9.97. The Labute approximate surface area is 144 Å². The number of hydrogen-bond donors (Lipinski definition) is 1. The summed E-state index contributed by atoms with van der Waals surface area (Å²) < 4.78 is 11.3. The average Bonchev–Trinajstić information content (AvgIpc) is 3.15. The zero-order valence-corrected chi connectivity index (χ0v) is 14.3. The van der Waals surface area contributed by atoms with Gasteiger partial charge in [-0.2, -0.15) is 0 Å². The van der Waals surface area contributed by atoms with Gasteiger partial charge in [0, 0.05) is 18.7 Å². The Hall–Kier alpha value is -1.81. The Kier molecular flexibility index (Phi) is 6.30.